The second kappa shape index (κ2) is 7.31. The molecule has 0 aliphatic carbocycles. The fourth-order valence-electron chi connectivity index (χ4n) is 1.91. The largest absolute Gasteiger partial charge is 0.399 e. The van der Waals surface area contributed by atoms with E-state index in [9.17, 15) is 4.79 Å². The van der Waals surface area contributed by atoms with E-state index in [1.807, 2.05) is 45.0 Å². The molecule has 0 unspecified atom stereocenters. The monoisotopic (exact) mass is 322 g/mol. The average molecular weight is 323 g/mol. The van der Waals surface area contributed by atoms with Gasteiger partial charge < -0.3 is 11.1 Å². The molecule has 0 radical (unpaired) electrons. The van der Waals surface area contributed by atoms with Crippen molar-refractivity contribution in [2.75, 3.05) is 12.3 Å². The van der Waals surface area contributed by atoms with E-state index in [0.29, 0.717) is 12.1 Å². The van der Waals surface area contributed by atoms with Crippen molar-refractivity contribution in [1.29, 1.82) is 0 Å². The van der Waals surface area contributed by atoms with Gasteiger partial charge in [-0.1, -0.05) is 12.1 Å². The number of benzene rings is 1. The normalized spacial score (nSPS) is 10.9. The third kappa shape index (κ3) is 4.77. The van der Waals surface area contributed by atoms with Gasteiger partial charge in [-0.3, -0.25) is 9.48 Å². The zero-order valence-electron chi connectivity index (χ0n) is 13.2. The number of halogens is 1. The molecule has 0 atom stereocenters. The van der Waals surface area contributed by atoms with Crippen molar-refractivity contribution < 1.29 is 4.79 Å². The van der Waals surface area contributed by atoms with Gasteiger partial charge in [0, 0.05) is 18.4 Å². The molecule has 1 aromatic carbocycles. The van der Waals surface area contributed by atoms with Crippen molar-refractivity contribution in [2.45, 2.75) is 32.7 Å². The molecule has 2 aromatic rings. The number of carbonyl (C=O) groups excluding carboxylic acids is 1. The Morgan fingerprint density at radius 1 is 1.27 bits per heavy atom. The molecule has 0 saturated carbocycles. The Morgan fingerprint density at radius 3 is 2.45 bits per heavy atom. The van der Waals surface area contributed by atoms with Crippen LogP contribution in [0.4, 0.5) is 5.69 Å². The SMILES string of the molecule is CC(C)(C)n1cc(C(=O)NCCc2ccc(N)cc2)cn1.Cl. The maximum absolute atomic E-state index is 12.0. The molecule has 2 rings (SSSR count). The van der Waals surface area contributed by atoms with Crippen molar-refractivity contribution in [1.82, 2.24) is 15.1 Å². The Hall–Kier alpha value is -2.01. The molecule has 1 aromatic heterocycles. The van der Waals surface area contributed by atoms with Gasteiger partial charge in [0.1, 0.15) is 0 Å². The summed E-state index contributed by atoms with van der Waals surface area (Å²) in [5.74, 6) is -0.0963. The number of amides is 1. The number of hydrogen-bond donors (Lipinski definition) is 2. The molecule has 1 heterocycles. The summed E-state index contributed by atoms with van der Waals surface area (Å²) in [6.07, 6.45) is 4.15. The summed E-state index contributed by atoms with van der Waals surface area (Å²) >= 11 is 0. The number of nitrogens with two attached hydrogens (primary N) is 1. The summed E-state index contributed by atoms with van der Waals surface area (Å²) in [5.41, 5.74) is 8.00. The highest BCUT2D eigenvalue weighted by Crippen LogP contribution is 2.13. The van der Waals surface area contributed by atoms with Crippen LogP contribution in [0.1, 0.15) is 36.7 Å². The predicted molar refractivity (Wildman–Crippen MR) is 91.4 cm³/mol. The minimum atomic E-state index is -0.123. The van der Waals surface area contributed by atoms with Crippen molar-refractivity contribution in [3.63, 3.8) is 0 Å². The van der Waals surface area contributed by atoms with Gasteiger partial charge in [0.15, 0.2) is 0 Å². The van der Waals surface area contributed by atoms with Crippen molar-refractivity contribution >= 4 is 24.0 Å². The number of rotatable bonds is 4. The predicted octanol–water partition coefficient (Wildman–Crippen LogP) is 2.61. The lowest BCUT2D eigenvalue weighted by Crippen LogP contribution is -2.26. The average Bonchev–Trinajstić information content (AvgIpc) is 2.90. The van der Waals surface area contributed by atoms with Gasteiger partial charge in [-0.25, -0.2) is 0 Å². The smallest absolute Gasteiger partial charge is 0.254 e. The molecule has 22 heavy (non-hydrogen) atoms. The topological polar surface area (TPSA) is 72.9 Å². The van der Waals surface area contributed by atoms with E-state index in [1.54, 1.807) is 17.1 Å². The minimum absolute atomic E-state index is 0. The number of nitrogens with one attached hydrogen (secondary N) is 1. The molecule has 0 aliphatic rings. The van der Waals surface area contributed by atoms with E-state index in [1.165, 1.54) is 0 Å². The zero-order chi connectivity index (χ0) is 15.5. The minimum Gasteiger partial charge on any atom is -0.399 e. The Bertz CT molecular complexity index is 614. The summed E-state index contributed by atoms with van der Waals surface area (Å²) in [5, 5.41) is 7.13. The highest BCUT2D eigenvalue weighted by molar-refractivity contribution is 5.93. The van der Waals surface area contributed by atoms with Crippen LogP contribution in [-0.2, 0) is 12.0 Å². The molecular formula is C16H23ClN4O. The lowest BCUT2D eigenvalue weighted by atomic mass is 10.1. The molecule has 3 N–H and O–H groups in total. The zero-order valence-corrected chi connectivity index (χ0v) is 14.0. The number of nitrogens with zero attached hydrogens (tertiary/aromatic N) is 2. The van der Waals surface area contributed by atoms with Gasteiger partial charge in [0.2, 0.25) is 0 Å². The first kappa shape index (κ1) is 18.0. The molecule has 0 spiro atoms. The summed E-state index contributed by atoms with van der Waals surface area (Å²) in [4.78, 5) is 12.0. The quantitative estimate of drug-likeness (QED) is 0.850. The van der Waals surface area contributed by atoms with Crippen LogP contribution in [0.25, 0.3) is 0 Å². The third-order valence-corrected chi connectivity index (χ3v) is 3.21. The Balaban J connectivity index is 0.00000242. The first-order valence-corrected chi connectivity index (χ1v) is 7.04. The fraction of sp³-hybridized carbons (Fsp3) is 0.375. The first-order valence-electron chi connectivity index (χ1n) is 7.04. The number of hydrogen-bond acceptors (Lipinski definition) is 3. The highest BCUT2D eigenvalue weighted by Gasteiger charge is 2.16. The maximum atomic E-state index is 12.0. The summed E-state index contributed by atoms with van der Waals surface area (Å²) in [6, 6.07) is 7.67. The molecule has 5 nitrogen and oxygen atoms in total. The first-order chi connectivity index (χ1) is 9.86. The van der Waals surface area contributed by atoms with Gasteiger partial charge >= 0.3 is 0 Å². The molecule has 0 fully saturated rings. The number of aromatic nitrogens is 2. The molecular weight excluding hydrogens is 300 g/mol. The summed E-state index contributed by atoms with van der Waals surface area (Å²) in [7, 11) is 0. The van der Waals surface area contributed by atoms with E-state index in [0.717, 1.165) is 17.7 Å². The van der Waals surface area contributed by atoms with Gasteiger partial charge in [-0.15, -0.1) is 12.4 Å². The Kier molecular flexibility index (Phi) is 6.00. The molecule has 0 saturated heterocycles. The highest BCUT2D eigenvalue weighted by atomic mass is 35.5. The van der Waals surface area contributed by atoms with E-state index < -0.39 is 0 Å². The van der Waals surface area contributed by atoms with E-state index in [4.69, 9.17) is 5.73 Å². The van der Waals surface area contributed by atoms with Crippen molar-refractivity contribution in [2.24, 2.45) is 0 Å². The molecule has 6 heteroatoms. The third-order valence-electron chi connectivity index (χ3n) is 3.21. The lowest BCUT2D eigenvalue weighted by molar-refractivity contribution is 0.0954. The number of nitrogen functional groups attached to an aromatic ring is 1. The van der Waals surface area contributed by atoms with E-state index in [-0.39, 0.29) is 23.9 Å². The summed E-state index contributed by atoms with van der Waals surface area (Å²) in [6.45, 7) is 6.72. The number of carbonyl (C=O) groups is 1. The van der Waals surface area contributed by atoms with Crippen LogP contribution in [0.2, 0.25) is 0 Å². The van der Waals surface area contributed by atoms with Crippen LogP contribution in [-0.4, -0.2) is 22.2 Å². The lowest BCUT2D eigenvalue weighted by Gasteiger charge is -2.18. The molecule has 0 bridgehead atoms. The Labute approximate surface area is 137 Å². The molecule has 120 valence electrons. The van der Waals surface area contributed by atoms with Crippen LogP contribution in [0, 0.1) is 0 Å². The second-order valence-electron chi connectivity index (χ2n) is 6.09. The van der Waals surface area contributed by atoms with Crippen LogP contribution in [0.15, 0.2) is 36.7 Å². The van der Waals surface area contributed by atoms with Crippen LogP contribution in [0.5, 0.6) is 0 Å². The maximum Gasteiger partial charge on any atom is 0.254 e. The van der Waals surface area contributed by atoms with Gasteiger partial charge in [0.05, 0.1) is 17.3 Å². The van der Waals surface area contributed by atoms with Gasteiger partial charge in [-0.05, 0) is 44.9 Å². The number of anilines is 1. The van der Waals surface area contributed by atoms with Crippen LogP contribution in [0.3, 0.4) is 0 Å². The van der Waals surface area contributed by atoms with Gasteiger partial charge in [-0.2, -0.15) is 5.10 Å². The standard InChI is InChI=1S/C16H22N4O.ClH/c1-16(2,3)20-11-13(10-19-20)15(21)18-9-8-12-4-6-14(17)7-5-12;/h4-7,10-11H,8-9,17H2,1-3H3,(H,18,21);1H. The van der Waals surface area contributed by atoms with Gasteiger partial charge in [0.25, 0.3) is 5.91 Å². The van der Waals surface area contributed by atoms with Crippen LogP contribution >= 0.6 is 12.4 Å². The second-order valence-corrected chi connectivity index (χ2v) is 6.09. The summed E-state index contributed by atoms with van der Waals surface area (Å²) < 4.78 is 1.79. The van der Waals surface area contributed by atoms with Crippen molar-refractivity contribution in [3.05, 3.63) is 47.8 Å². The van der Waals surface area contributed by atoms with E-state index in [2.05, 4.69) is 10.4 Å². The Morgan fingerprint density at radius 2 is 1.91 bits per heavy atom. The van der Waals surface area contributed by atoms with E-state index >= 15 is 0 Å². The van der Waals surface area contributed by atoms with Crippen molar-refractivity contribution in [3.8, 4) is 0 Å². The fourth-order valence-corrected chi connectivity index (χ4v) is 1.91. The van der Waals surface area contributed by atoms with Crippen LogP contribution < -0.4 is 11.1 Å². The molecule has 1 amide bonds. The molecule has 0 aliphatic heterocycles.